The van der Waals surface area contributed by atoms with Crippen molar-refractivity contribution in [1.29, 1.82) is 0 Å². The maximum Gasteiger partial charge on any atom is 0.288 e. The van der Waals surface area contributed by atoms with Gasteiger partial charge in [0.05, 0.1) is 6.10 Å². The molecule has 0 aromatic carbocycles. The molecule has 4 atom stereocenters. The molecule has 2 N–H and O–H groups in total. The minimum Gasteiger partial charge on any atom is -0.363 e. The average Bonchev–Trinajstić information content (AvgIpc) is 3.01. The SMILES string of the molecule is CC1(C)OC2[C@@H](O1)[C@@H](CS)O[C@H]2n1cnc(C(N)=O)n1. The summed E-state index contributed by atoms with van der Waals surface area (Å²) < 4.78 is 19.0. The molecule has 0 radical (unpaired) electrons. The van der Waals surface area contributed by atoms with Crippen LogP contribution in [0.5, 0.6) is 0 Å². The molecule has 0 spiro atoms. The Morgan fingerprint density at radius 2 is 2.20 bits per heavy atom. The van der Waals surface area contributed by atoms with Crippen molar-refractivity contribution >= 4 is 18.5 Å². The first-order valence-corrected chi connectivity index (χ1v) is 6.87. The normalized spacial score (nSPS) is 35.1. The van der Waals surface area contributed by atoms with Crippen molar-refractivity contribution in [2.75, 3.05) is 5.75 Å². The smallest absolute Gasteiger partial charge is 0.288 e. The van der Waals surface area contributed by atoms with Gasteiger partial charge in [-0.1, -0.05) is 0 Å². The standard InChI is InChI=1S/C11H16N4O4S/c1-11(2)18-6-5(3-20)17-10(7(6)19-11)15-4-13-9(14-15)8(12)16/h4-7,10,20H,3H2,1-2H3,(H2,12,16)/t5-,6+,7?,10-/m1/s1. The Kier molecular flexibility index (Phi) is 3.24. The van der Waals surface area contributed by atoms with Crippen LogP contribution in [-0.2, 0) is 14.2 Å². The summed E-state index contributed by atoms with van der Waals surface area (Å²) in [5.41, 5.74) is 5.14. The third-order valence-electron chi connectivity index (χ3n) is 3.29. The molecular formula is C11H16N4O4S. The first kappa shape index (κ1) is 13.8. The number of nitrogens with zero attached hydrogens (tertiary/aromatic N) is 3. The summed E-state index contributed by atoms with van der Waals surface area (Å²) in [4.78, 5) is 14.9. The van der Waals surface area contributed by atoms with E-state index in [1.54, 1.807) is 0 Å². The van der Waals surface area contributed by atoms with Crippen molar-refractivity contribution in [3.8, 4) is 0 Å². The summed E-state index contributed by atoms with van der Waals surface area (Å²) in [5, 5.41) is 4.01. The van der Waals surface area contributed by atoms with Crippen LogP contribution in [-0.4, -0.2) is 50.5 Å². The molecule has 1 unspecified atom stereocenters. The lowest BCUT2D eigenvalue weighted by Crippen LogP contribution is -2.30. The predicted octanol–water partition coefficient (Wildman–Crippen LogP) is -0.276. The Bertz CT molecular complexity index is 534. The number of amides is 1. The van der Waals surface area contributed by atoms with Crippen LogP contribution in [0.1, 0.15) is 30.7 Å². The quantitative estimate of drug-likeness (QED) is 0.745. The van der Waals surface area contributed by atoms with Gasteiger partial charge in [0.1, 0.15) is 18.5 Å². The first-order valence-electron chi connectivity index (χ1n) is 6.24. The van der Waals surface area contributed by atoms with Gasteiger partial charge in [-0.05, 0) is 13.8 Å². The van der Waals surface area contributed by atoms with E-state index in [0.717, 1.165) is 0 Å². The van der Waals surface area contributed by atoms with Crippen molar-refractivity contribution in [2.24, 2.45) is 5.73 Å². The first-order chi connectivity index (χ1) is 9.41. The van der Waals surface area contributed by atoms with Crippen LogP contribution in [0.2, 0.25) is 0 Å². The van der Waals surface area contributed by atoms with Gasteiger partial charge in [-0.2, -0.15) is 12.6 Å². The molecule has 1 amide bonds. The number of thiol groups is 1. The molecule has 8 nitrogen and oxygen atoms in total. The van der Waals surface area contributed by atoms with E-state index in [4.69, 9.17) is 19.9 Å². The highest BCUT2D eigenvalue weighted by Crippen LogP contribution is 2.42. The fourth-order valence-electron chi connectivity index (χ4n) is 2.53. The van der Waals surface area contributed by atoms with Crippen LogP contribution in [0.15, 0.2) is 6.33 Å². The lowest BCUT2D eigenvalue weighted by atomic mass is 10.1. The largest absolute Gasteiger partial charge is 0.363 e. The maximum atomic E-state index is 11.1. The zero-order valence-electron chi connectivity index (χ0n) is 11.1. The van der Waals surface area contributed by atoms with E-state index in [2.05, 4.69) is 22.7 Å². The van der Waals surface area contributed by atoms with E-state index in [9.17, 15) is 4.79 Å². The predicted molar refractivity (Wildman–Crippen MR) is 70.1 cm³/mol. The van der Waals surface area contributed by atoms with Gasteiger partial charge in [-0.3, -0.25) is 4.79 Å². The Morgan fingerprint density at radius 1 is 1.50 bits per heavy atom. The Hall–Kier alpha value is -1.16. The van der Waals surface area contributed by atoms with Crippen LogP contribution < -0.4 is 5.73 Å². The lowest BCUT2D eigenvalue weighted by molar-refractivity contribution is -0.195. The van der Waals surface area contributed by atoms with E-state index < -0.39 is 17.9 Å². The van der Waals surface area contributed by atoms with E-state index in [-0.39, 0.29) is 24.1 Å². The van der Waals surface area contributed by atoms with Crippen LogP contribution in [0.25, 0.3) is 0 Å². The van der Waals surface area contributed by atoms with Gasteiger partial charge in [0, 0.05) is 5.75 Å². The van der Waals surface area contributed by atoms with Gasteiger partial charge in [0.2, 0.25) is 5.82 Å². The number of hydrogen-bond acceptors (Lipinski definition) is 7. The maximum absolute atomic E-state index is 11.1. The fraction of sp³-hybridized carbons (Fsp3) is 0.727. The minimum atomic E-state index is -0.689. The molecule has 0 aliphatic carbocycles. The summed E-state index contributed by atoms with van der Waals surface area (Å²) in [7, 11) is 0. The van der Waals surface area contributed by atoms with Crippen molar-refractivity contribution in [2.45, 2.75) is 44.2 Å². The Labute approximate surface area is 121 Å². The van der Waals surface area contributed by atoms with E-state index in [1.165, 1.54) is 11.0 Å². The highest BCUT2D eigenvalue weighted by atomic mass is 32.1. The highest BCUT2D eigenvalue weighted by molar-refractivity contribution is 7.80. The molecular weight excluding hydrogens is 284 g/mol. The van der Waals surface area contributed by atoms with Gasteiger partial charge < -0.3 is 19.9 Å². The minimum absolute atomic E-state index is 0.0577. The number of primary amides is 1. The Morgan fingerprint density at radius 3 is 2.80 bits per heavy atom. The van der Waals surface area contributed by atoms with E-state index >= 15 is 0 Å². The molecule has 9 heteroatoms. The molecule has 2 aliphatic rings. The second-order valence-electron chi connectivity index (χ2n) is 5.22. The average molecular weight is 300 g/mol. The van der Waals surface area contributed by atoms with E-state index in [1.807, 2.05) is 13.8 Å². The number of rotatable bonds is 3. The highest BCUT2D eigenvalue weighted by Gasteiger charge is 2.55. The summed E-state index contributed by atoms with van der Waals surface area (Å²) in [6.45, 7) is 3.68. The number of aromatic nitrogens is 3. The molecule has 2 fully saturated rings. The number of carbonyl (C=O) groups is 1. The fourth-order valence-corrected chi connectivity index (χ4v) is 2.82. The molecule has 1 aromatic rings. The van der Waals surface area contributed by atoms with Gasteiger partial charge in [-0.25, -0.2) is 9.67 Å². The second-order valence-corrected chi connectivity index (χ2v) is 5.59. The molecule has 2 aliphatic heterocycles. The van der Waals surface area contributed by atoms with Crippen LogP contribution in [0.4, 0.5) is 0 Å². The molecule has 20 heavy (non-hydrogen) atoms. The van der Waals surface area contributed by atoms with Crippen molar-refractivity contribution in [3.05, 3.63) is 12.2 Å². The van der Waals surface area contributed by atoms with Crippen molar-refractivity contribution < 1.29 is 19.0 Å². The molecule has 3 rings (SSSR count). The van der Waals surface area contributed by atoms with Crippen LogP contribution in [0, 0.1) is 0 Å². The molecule has 2 saturated heterocycles. The van der Waals surface area contributed by atoms with Crippen LogP contribution >= 0.6 is 12.6 Å². The third-order valence-corrected chi connectivity index (χ3v) is 3.65. The number of nitrogens with two attached hydrogens (primary N) is 1. The van der Waals surface area contributed by atoms with Crippen molar-refractivity contribution in [3.63, 3.8) is 0 Å². The monoisotopic (exact) mass is 300 g/mol. The molecule has 0 bridgehead atoms. The summed E-state index contributed by atoms with van der Waals surface area (Å²) in [5.74, 6) is -0.939. The lowest BCUT2D eigenvalue weighted by Gasteiger charge is -2.23. The van der Waals surface area contributed by atoms with Crippen molar-refractivity contribution in [1.82, 2.24) is 14.8 Å². The van der Waals surface area contributed by atoms with Gasteiger partial charge in [0.15, 0.2) is 12.0 Å². The molecule has 3 heterocycles. The number of hydrogen-bond donors (Lipinski definition) is 2. The molecule has 0 saturated carbocycles. The molecule has 110 valence electrons. The zero-order chi connectivity index (χ0) is 14.5. The number of ether oxygens (including phenoxy) is 3. The Balaban J connectivity index is 1.87. The topological polar surface area (TPSA) is 101 Å². The summed E-state index contributed by atoms with van der Waals surface area (Å²) in [6.07, 6.45) is 0.117. The number of fused-ring (bicyclic) bond motifs is 1. The summed E-state index contributed by atoms with van der Waals surface area (Å²) >= 11 is 4.27. The van der Waals surface area contributed by atoms with Gasteiger partial charge in [-0.15, -0.1) is 5.10 Å². The molecule has 1 aromatic heterocycles. The third kappa shape index (κ3) is 2.20. The van der Waals surface area contributed by atoms with E-state index in [0.29, 0.717) is 5.75 Å². The number of carbonyl (C=O) groups excluding carboxylic acids is 1. The van der Waals surface area contributed by atoms with Crippen LogP contribution in [0.3, 0.4) is 0 Å². The van der Waals surface area contributed by atoms with Gasteiger partial charge >= 0.3 is 0 Å². The second kappa shape index (κ2) is 4.69. The van der Waals surface area contributed by atoms with Gasteiger partial charge in [0.25, 0.3) is 5.91 Å². The summed E-state index contributed by atoms with van der Waals surface area (Å²) in [6, 6.07) is 0. The zero-order valence-corrected chi connectivity index (χ0v) is 12.0.